The summed E-state index contributed by atoms with van der Waals surface area (Å²) in [5, 5.41) is 0. The summed E-state index contributed by atoms with van der Waals surface area (Å²) in [4.78, 5) is 2.39. The van der Waals surface area contributed by atoms with Gasteiger partial charge in [0.15, 0.2) is 0 Å². The van der Waals surface area contributed by atoms with Gasteiger partial charge in [-0.3, -0.25) is 4.90 Å². The van der Waals surface area contributed by atoms with Gasteiger partial charge in [-0.2, -0.15) is 0 Å². The third kappa shape index (κ3) is 4.51. The van der Waals surface area contributed by atoms with E-state index in [0.717, 1.165) is 44.7 Å². The van der Waals surface area contributed by atoms with E-state index in [-0.39, 0.29) is 5.54 Å². The number of ether oxygens (including phenoxy) is 1. The van der Waals surface area contributed by atoms with Gasteiger partial charge in [0.2, 0.25) is 0 Å². The number of nitrogens with zero attached hydrogens (tertiary/aromatic N) is 1. The first-order valence-corrected chi connectivity index (χ1v) is 7.27. The summed E-state index contributed by atoms with van der Waals surface area (Å²) in [5.41, 5.74) is 6.10. The largest absolute Gasteiger partial charge is 0.494 e. The van der Waals surface area contributed by atoms with E-state index in [4.69, 9.17) is 10.5 Å². The molecule has 2 N–H and O–H groups in total. The first-order chi connectivity index (χ1) is 9.18. The Morgan fingerprint density at radius 3 is 2.32 bits per heavy atom. The van der Waals surface area contributed by atoms with Crippen molar-refractivity contribution < 1.29 is 4.74 Å². The van der Waals surface area contributed by atoms with Crippen molar-refractivity contribution in [2.75, 3.05) is 26.7 Å². The Hall–Kier alpha value is -1.06. The predicted molar refractivity (Wildman–Crippen MR) is 81.6 cm³/mol. The van der Waals surface area contributed by atoms with Crippen molar-refractivity contribution in [2.45, 2.75) is 38.6 Å². The third-order valence-corrected chi connectivity index (χ3v) is 4.16. The molecule has 0 bridgehead atoms. The summed E-state index contributed by atoms with van der Waals surface area (Å²) in [5.74, 6) is 0.946. The molecule has 0 aromatic heterocycles. The van der Waals surface area contributed by atoms with Gasteiger partial charge in [0.1, 0.15) is 5.75 Å². The van der Waals surface area contributed by atoms with E-state index in [9.17, 15) is 0 Å². The first-order valence-electron chi connectivity index (χ1n) is 7.27. The van der Waals surface area contributed by atoms with E-state index < -0.39 is 0 Å². The lowest BCUT2D eigenvalue weighted by Crippen LogP contribution is -2.51. The average Bonchev–Trinajstić information content (AvgIpc) is 2.47. The molecule has 0 aliphatic heterocycles. The van der Waals surface area contributed by atoms with Crippen molar-refractivity contribution in [1.82, 2.24) is 4.90 Å². The molecule has 3 heteroatoms. The second kappa shape index (κ2) is 8.18. The number of hydrogen-bond donors (Lipinski definition) is 1. The van der Waals surface area contributed by atoms with E-state index in [1.165, 1.54) is 0 Å². The number of nitrogens with two attached hydrogens (primary N) is 1. The Morgan fingerprint density at radius 2 is 1.79 bits per heavy atom. The minimum atomic E-state index is 0.146. The fraction of sp³-hybridized carbons (Fsp3) is 0.625. The van der Waals surface area contributed by atoms with Gasteiger partial charge in [-0.05, 0) is 38.4 Å². The molecule has 1 aromatic carbocycles. The van der Waals surface area contributed by atoms with Crippen LogP contribution in [0.15, 0.2) is 30.3 Å². The number of para-hydroxylation sites is 1. The van der Waals surface area contributed by atoms with Crippen LogP contribution in [0.5, 0.6) is 5.75 Å². The standard InChI is InChI=1S/C16H28N2O/c1-4-16(5-2,14-17)18(3)12-9-13-19-15-10-7-6-8-11-15/h6-8,10-11H,4-5,9,12-14,17H2,1-3H3. The SMILES string of the molecule is CCC(CC)(CN)N(C)CCCOc1ccccc1. The maximum atomic E-state index is 5.95. The quantitative estimate of drug-likeness (QED) is 0.697. The second-order valence-electron chi connectivity index (χ2n) is 5.07. The first kappa shape index (κ1) is 16.0. The fourth-order valence-corrected chi connectivity index (χ4v) is 2.48. The highest BCUT2D eigenvalue weighted by Gasteiger charge is 2.28. The monoisotopic (exact) mass is 264 g/mol. The predicted octanol–water partition coefficient (Wildman–Crippen LogP) is 2.90. The normalized spacial score (nSPS) is 11.8. The summed E-state index contributed by atoms with van der Waals surface area (Å²) in [7, 11) is 2.17. The highest BCUT2D eigenvalue weighted by Crippen LogP contribution is 2.21. The van der Waals surface area contributed by atoms with Crippen molar-refractivity contribution in [3.05, 3.63) is 30.3 Å². The molecule has 0 fully saturated rings. The van der Waals surface area contributed by atoms with Crippen LogP contribution in [0.1, 0.15) is 33.1 Å². The number of hydrogen-bond acceptors (Lipinski definition) is 3. The zero-order valence-electron chi connectivity index (χ0n) is 12.6. The maximum Gasteiger partial charge on any atom is 0.119 e. The lowest BCUT2D eigenvalue weighted by atomic mass is 9.91. The van der Waals surface area contributed by atoms with Gasteiger partial charge >= 0.3 is 0 Å². The fourth-order valence-electron chi connectivity index (χ4n) is 2.48. The molecule has 0 spiro atoms. The van der Waals surface area contributed by atoms with Crippen LogP contribution in [0.3, 0.4) is 0 Å². The molecule has 3 nitrogen and oxygen atoms in total. The van der Waals surface area contributed by atoms with Crippen LogP contribution in [0.4, 0.5) is 0 Å². The molecule has 1 rings (SSSR count). The molecule has 108 valence electrons. The van der Waals surface area contributed by atoms with Crippen molar-refractivity contribution in [3.8, 4) is 5.75 Å². The Kier molecular flexibility index (Phi) is 6.89. The van der Waals surface area contributed by atoms with Crippen LogP contribution in [0.25, 0.3) is 0 Å². The Balaban J connectivity index is 2.32. The van der Waals surface area contributed by atoms with E-state index in [1.807, 2.05) is 30.3 Å². The third-order valence-electron chi connectivity index (χ3n) is 4.16. The van der Waals surface area contributed by atoms with E-state index >= 15 is 0 Å². The minimum Gasteiger partial charge on any atom is -0.494 e. The topological polar surface area (TPSA) is 38.5 Å². The van der Waals surface area contributed by atoms with E-state index in [1.54, 1.807) is 0 Å². The van der Waals surface area contributed by atoms with Crippen LogP contribution in [0, 0.1) is 0 Å². The van der Waals surface area contributed by atoms with E-state index in [2.05, 4.69) is 25.8 Å². The van der Waals surface area contributed by atoms with Gasteiger partial charge in [0, 0.05) is 18.6 Å². The van der Waals surface area contributed by atoms with Crippen LogP contribution >= 0.6 is 0 Å². The van der Waals surface area contributed by atoms with E-state index in [0.29, 0.717) is 0 Å². The maximum absolute atomic E-state index is 5.95. The summed E-state index contributed by atoms with van der Waals surface area (Å²) in [6.07, 6.45) is 3.21. The highest BCUT2D eigenvalue weighted by atomic mass is 16.5. The number of benzene rings is 1. The lowest BCUT2D eigenvalue weighted by molar-refractivity contribution is 0.108. The van der Waals surface area contributed by atoms with Gasteiger partial charge < -0.3 is 10.5 Å². The second-order valence-corrected chi connectivity index (χ2v) is 5.07. The zero-order chi connectivity index (χ0) is 14.1. The molecule has 1 aromatic rings. The summed E-state index contributed by atoms with van der Waals surface area (Å²) >= 11 is 0. The minimum absolute atomic E-state index is 0.146. The molecule has 0 saturated carbocycles. The molecule has 0 heterocycles. The van der Waals surface area contributed by atoms with Crippen LogP contribution in [0.2, 0.25) is 0 Å². The highest BCUT2D eigenvalue weighted by molar-refractivity contribution is 5.20. The summed E-state index contributed by atoms with van der Waals surface area (Å²) in [6, 6.07) is 9.97. The molecule has 0 saturated heterocycles. The average molecular weight is 264 g/mol. The number of rotatable bonds is 9. The van der Waals surface area contributed by atoms with Crippen molar-refractivity contribution >= 4 is 0 Å². The molecule has 19 heavy (non-hydrogen) atoms. The zero-order valence-corrected chi connectivity index (χ0v) is 12.6. The van der Waals surface area contributed by atoms with Crippen LogP contribution < -0.4 is 10.5 Å². The molecular weight excluding hydrogens is 236 g/mol. The van der Waals surface area contributed by atoms with Gasteiger partial charge in [-0.1, -0.05) is 32.0 Å². The molecule has 0 atom stereocenters. The molecule has 0 aliphatic rings. The van der Waals surface area contributed by atoms with Gasteiger partial charge in [0.25, 0.3) is 0 Å². The smallest absolute Gasteiger partial charge is 0.119 e. The van der Waals surface area contributed by atoms with Crippen molar-refractivity contribution in [1.29, 1.82) is 0 Å². The van der Waals surface area contributed by atoms with Crippen LogP contribution in [-0.2, 0) is 0 Å². The molecule has 0 amide bonds. The van der Waals surface area contributed by atoms with Crippen molar-refractivity contribution in [2.24, 2.45) is 5.73 Å². The molecule has 0 unspecified atom stereocenters. The Bertz CT molecular complexity index is 328. The number of likely N-dealkylation sites (N-methyl/N-ethyl adjacent to an activating group) is 1. The summed E-state index contributed by atoms with van der Waals surface area (Å²) < 4.78 is 5.71. The Labute approximate surface area is 117 Å². The Morgan fingerprint density at radius 1 is 1.16 bits per heavy atom. The van der Waals surface area contributed by atoms with Gasteiger partial charge in [-0.15, -0.1) is 0 Å². The molecule has 0 radical (unpaired) electrons. The molecule has 0 aliphatic carbocycles. The van der Waals surface area contributed by atoms with Gasteiger partial charge in [-0.25, -0.2) is 0 Å². The van der Waals surface area contributed by atoms with Crippen molar-refractivity contribution in [3.63, 3.8) is 0 Å². The van der Waals surface area contributed by atoms with Gasteiger partial charge in [0.05, 0.1) is 6.61 Å². The summed E-state index contributed by atoms with van der Waals surface area (Å²) in [6.45, 7) is 6.92. The van der Waals surface area contributed by atoms with Crippen LogP contribution in [-0.4, -0.2) is 37.2 Å². The lowest BCUT2D eigenvalue weighted by Gasteiger charge is -2.40. The molecular formula is C16H28N2O.